The SMILES string of the molecule is CCCn1cc(S(N)(=O)=O)cc1C(=O)N(C)CC1CCC1. The fourth-order valence-electron chi connectivity index (χ4n) is 2.59. The fourth-order valence-corrected chi connectivity index (χ4v) is 3.14. The van der Waals surface area contributed by atoms with Crippen LogP contribution in [-0.2, 0) is 16.6 Å². The summed E-state index contributed by atoms with van der Waals surface area (Å²) in [5.41, 5.74) is 0.391. The molecular formula is C14H23N3O3S. The lowest BCUT2D eigenvalue weighted by molar-refractivity contribution is 0.0734. The maximum atomic E-state index is 12.5. The van der Waals surface area contributed by atoms with E-state index in [1.54, 1.807) is 16.5 Å². The Balaban J connectivity index is 2.23. The Morgan fingerprint density at radius 2 is 2.14 bits per heavy atom. The van der Waals surface area contributed by atoms with E-state index >= 15 is 0 Å². The number of amides is 1. The van der Waals surface area contributed by atoms with Crippen molar-refractivity contribution < 1.29 is 13.2 Å². The molecule has 1 saturated carbocycles. The van der Waals surface area contributed by atoms with Crippen LogP contribution in [-0.4, -0.2) is 37.4 Å². The van der Waals surface area contributed by atoms with E-state index in [1.807, 2.05) is 6.92 Å². The molecule has 1 aromatic rings. The monoisotopic (exact) mass is 313 g/mol. The van der Waals surface area contributed by atoms with E-state index in [-0.39, 0.29) is 10.8 Å². The van der Waals surface area contributed by atoms with E-state index in [1.165, 1.54) is 18.7 Å². The summed E-state index contributed by atoms with van der Waals surface area (Å²) >= 11 is 0. The molecule has 7 heteroatoms. The zero-order valence-electron chi connectivity index (χ0n) is 12.6. The van der Waals surface area contributed by atoms with Gasteiger partial charge >= 0.3 is 0 Å². The van der Waals surface area contributed by atoms with Crippen LogP contribution in [0.4, 0.5) is 0 Å². The van der Waals surface area contributed by atoms with Crippen molar-refractivity contribution in [2.24, 2.45) is 11.1 Å². The van der Waals surface area contributed by atoms with E-state index in [0.717, 1.165) is 25.8 Å². The van der Waals surface area contributed by atoms with Gasteiger partial charge in [-0.1, -0.05) is 13.3 Å². The largest absolute Gasteiger partial charge is 0.342 e. The smallest absolute Gasteiger partial charge is 0.270 e. The number of hydrogen-bond donors (Lipinski definition) is 1. The highest BCUT2D eigenvalue weighted by Gasteiger charge is 2.25. The minimum atomic E-state index is -3.79. The van der Waals surface area contributed by atoms with Gasteiger partial charge in [0, 0.05) is 26.3 Å². The van der Waals surface area contributed by atoms with Gasteiger partial charge in [0.2, 0.25) is 10.0 Å². The minimum absolute atomic E-state index is 0.00339. The third-order valence-electron chi connectivity index (χ3n) is 3.99. The van der Waals surface area contributed by atoms with Gasteiger partial charge in [0.15, 0.2) is 0 Å². The molecule has 0 saturated heterocycles. The molecule has 2 rings (SSSR count). The highest BCUT2D eigenvalue weighted by atomic mass is 32.2. The van der Waals surface area contributed by atoms with Crippen molar-refractivity contribution in [1.29, 1.82) is 0 Å². The predicted octanol–water partition coefficient (Wildman–Crippen LogP) is 1.42. The molecule has 0 radical (unpaired) electrons. The molecule has 21 heavy (non-hydrogen) atoms. The standard InChI is InChI=1S/C14H23N3O3S/c1-3-7-17-10-12(21(15,19)20)8-13(17)14(18)16(2)9-11-5-4-6-11/h8,10-11H,3-7,9H2,1-2H3,(H2,15,19,20). The fraction of sp³-hybridized carbons (Fsp3) is 0.643. The molecule has 118 valence electrons. The first kappa shape index (κ1) is 16.0. The Kier molecular flexibility index (Phi) is 4.73. The zero-order valence-corrected chi connectivity index (χ0v) is 13.4. The Morgan fingerprint density at radius 1 is 1.48 bits per heavy atom. The molecule has 6 nitrogen and oxygen atoms in total. The normalized spacial score (nSPS) is 15.8. The molecule has 0 bridgehead atoms. The van der Waals surface area contributed by atoms with Crippen LogP contribution in [0.3, 0.4) is 0 Å². The summed E-state index contributed by atoms with van der Waals surface area (Å²) in [6, 6.07) is 1.38. The first-order chi connectivity index (χ1) is 9.82. The number of carbonyl (C=O) groups excluding carboxylic acids is 1. The molecular weight excluding hydrogens is 290 g/mol. The molecule has 2 N–H and O–H groups in total. The second-order valence-electron chi connectivity index (χ2n) is 5.78. The van der Waals surface area contributed by atoms with Gasteiger partial charge in [-0.05, 0) is 31.2 Å². The van der Waals surface area contributed by atoms with Gasteiger partial charge in [-0.15, -0.1) is 0 Å². The van der Waals surface area contributed by atoms with Crippen LogP contribution < -0.4 is 5.14 Å². The number of rotatable bonds is 6. The molecule has 1 aromatic heterocycles. The average molecular weight is 313 g/mol. The van der Waals surface area contributed by atoms with Gasteiger partial charge in [0.05, 0.1) is 0 Å². The molecule has 1 fully saturated rings. The summed E-state index contributed by atoms with van der Waals surface area (Å²) in [6.07, 6.45) is 5.81. The number of sulfonamides is 1. The maximum Gasteiger partial charge on any atom is 0.270 e. The predicted molar refractivity (Wildman–Crippen MR) is 80.4 cm³/mol. The first-order valence-electron chi connectivity index (χ1n) is 7.31. The molecule has 1 heterocycles. The molecule has 0 spiro atoms. The maximum absolute atomic E-state index is 12.5. The van der Waals surface area contributed by atoms with Crippen LogP contribution in [0.25, 0.3) is 0 Å². The van der Waals surface area contributed by atoms with Crippen LogP contribution in [0.2, 0.25) is 0 Å². The summed E-state index contributed by atoms with van der Waals surface area (Å²) in [4.78, 5) is 14.2. The minimum Gasteiger partial charge on any atom is -0.342 e. The number of hydrogen-bond acceptors (Lipinski definition) is 3. The highest BCUT2D eigenvalue weighted by Crippen LogP contribution is 2.27. The van der Waals surface area contributed by atoms with Gasteiger partial charge in [-0.25, -0.2) is 13.6 Å². The van der Waals surface area contributed by atoms with E-state index < -0.39 is 10.0 Å². The lowest BCUT2D eigenvalue weighted by Gasteiger charge is -2.30. The van der Waals surface area contributed by atoms with Crippen molar-refractivity contribution in [3.8, 4) is 0 Å². The summed E-state index contributed by atoms with van der Waals surface area (Å²) < 4.78 is 24.6. The van der Waals surface area contributed by atoms with Gasteiger partial charge in [0.1, 0.15) is 10.6 Å². The van der Waals surface area contributed by atoms with Crippen LogP contribution in [0, 0.1) is 5.92 Å². The summed E-state index contributed by atoms with van der Waals surface area (Å²) in [5.74, 6) is 0.427. The number of nitrogens with zero attached hydrogens (tertiary/aromatic N) is 2. The Hall–Kier alpha value is -1.34. The van der Waals surface area contributed by atoms with Crippen molar-refractivity contribution in [2.75, 3.05) is 13.6 Å². The van der Waals surface area contributed by atoms with Gasteiger partial charge < -0.3 is 9.47 Å². The zero-order chi connectivity index (χ0) is 15.6. The first-order valence-corrected chi connectivity index (χ1v) is 8.86. The molecule has 1 aliphatic carbocycles. The second-order valence-corrected chi connectivity index (χ2v) is 7.34. The summed E-state index contributed by atoms with van der Waals surface area (Å²) in [6.45, 7) is 3.29. The number of carbonyl (C=O) groups is 1. The number of nitrogens with two attached hydrogens (primary N) is 1. The quantitative estimate of drug-likeness (QED) is 0.862. The van der Waals surface area contributed by atoms with Gasteiger partial charge in [-0.2, -0.15) is 0 Å². The molecule has 0 unspecified atom stereocenters. The third-order valence-corrected chi connectivity index (χ3v) is 4.87. The Morgan fingerprint density at radius 3 is 2.62 bits per heavy atom. The van der Waals surface area contributed by atoms with E-state index in [4.69, 9.17) is 5.14 Å². The molecule has 1 aliphatic rings. The molecule has 1 amide bonds. The van der Waals surface area contributed by atoms with Crippen molar-refractivity contribution in [3.63, 3.8) is 0 Å². The molecule has 0 aromatic carbocycles. The molecule has 0 aliphatic heterocycles. The van der Waals surface area contributed by atoms with Crippen molar-refractivity contribution in [3.05, 3.63) is 18.0 Å². The van der Waals surface area contributed by atoms with Crippen LogP contribution in [0.5, 0.6) is 0 Å². The van der Waals surface area contributed by atoms with Crippen LogP contribution in [0.1, 0.15) is 43.1 Å². The average Bonchev–Trinajstić information content (AvgIpc) is 2.77. The van der Waals surface area contributed by atoms with E-state index in [2.05, 4.69) is 0 Å². The number of primary sulfonamides is 1. The van der Waals surface area contributed by atoms with Gasteiger partial charge in [0.25, 0.3) is 5.91 Å². The number of aromatic nitrogens is 1. The number of aryl methyl sites for hydroxylation is 1. The van der Waals surface area contributed by atoms with Crippen LogP contribution >= 0.6 is 0 Å². The van der Waals surface area contributed by atoms with Crippen molar-refractivity contribution >= 4 is 15.9 Å². The second kappa shape index (κ2) is 6.19. The van der Waals surface area contributed by atoms with Crippen molar-refractivity contribution in [1.82, 2.24) is 9.47 Å². The van der Waals surface area contributed by atoms with E-state index in [0.29, 0.717) is 18.2 Å². The topological polar surface area (TPSA) is 85.4 Å². The summed E-state index contributed by atoms with van der Waals surface area (Å²) in [5, 5.41) is 5.16. The summed E-state index contributed by atoms with van der Waals surface area (Å²) in [7, 11) is -2.03. The van der Waals surface area contributed by atoms with Gasteiger partial charge in [-0.3, -0.25) is 4.79 Å². The Labute approximate surface area is 126 Å². The van der Waals surface area contributed by atoms with Crippen LogP contribution in [0.15, 0.2) is 17.2 Å². The highest BCUT2D eigenvalue weighted by molar-refractivity contribution is 7.89. The van der Waals surface area contributed by atoms with E-state index in [9.17, 15) is 13.2 Å². The third kappa shape index (κ3) is 3.65. The lowest BCUT2D eigenvalue weighted by atomic mass is 9.85. The lowest BCUT2D eigenvalue weighted by Crippen LogP contribution is -2.35. The molecule has 0 atom stereocenters. The Bertz CT molecular complexity index is 617. The van der Waals surface area contributed by atoms with Crippen molar-refractivity contribution in [2.45, 2.75) is 44.0 Å².